The summed E-state index contributed by atoms with van der Waals surface area (Å²) < 4.78 is 11.1. The van der Waals surface area contributed by atoms with Crippen molar-refractivity contribution < 1.29 is 14.6 Å². The summed E-state index contributed by atoms with van der Waals surface area (Å²) in [4.78, 5) is 0. The van der Waals surface area contributed by atoms with Crippen molar-refractivity contribution in [1.29, 1.82) is 0 Å². The number of thioether (sulfide) groups is 1. The molecule has 1 aromatic carbocycles. The third kappa shape index (κ3) is 3.12. The lowest BCUT2D eigenvalue weighted by atomic mass is 9.98. The normalized spacial score (nSPS) is 22.2. The van der Waals surface area contributed by atoms with Crippen molar-refractivity contribution in [3.05, 3.63) is 23.8 Å². The molecule has 0 radical (unpaired) electrons. The third-order valence-electron chi connectivity index (χ3n) is 3.15. The van der Waals surface area contributed by atoms with E-state index in [9.17, 15) is 5.11 Å². The number of hydrogen-bond donors (Lipinski definition) is 1. The smallest absolute Gasteiger partial charge is 0.129 e. The van der Waals surface area contributed by atoms with Crippen LogP contribution in [-0.4, -0.2) is 29.8 Å². The number of aliphatic hydroxyl groups excluding tert-OH is 1. The lowest BCUT2D eigenvalue weighted by molar-refractivity contribution is 0.0646. The first-order valence-corrected chi connectivity index (χ1v) is 7.50. The Morgan fingerprint density at radius 3 is 3.06 bits per heavy atom. The van der Waals surface area contributed by atoms with Gasteiger partial charge in [0, 0.05) is 18.1 Å². The Labute approximate surface area is 112 Å². The number of rotatable bonds is 5. The van der Waals surface area contributed by atoms with Crippen molar-refractivity contribution in [3.63, 3.8) is 0 Å². The molecule has 1 N–H and O–H groups in total. The summed E-state index contributed by atoms with van der Waals surface area (Å²) in [6.45, 7) is 2.15. The van der Waals surface area contributed by atoms with Crippen LogP contribution >= 0.6 is 11.8 Å². The molecule has 0 saturated heterocycles. The quantitative estimate of drug-likeness (QED) is 0.833. The van der Waals surface area contributed by atoms with E-state index in [0.717, 1.165) is 35.0 Å². The number of ether oxygens (including phenoxy) is 2. The second kappa shape index (κ2) is 6.34. The summed E-state index contributed by atoms with van der Waals surface area (Å²) in [5, 5.41) is 10.1. The first-order chi connectivity index (χ1) is 8.74. The topological polar surface area (TPSA) is 38.7 Å². The number of benzene rings is 1. The summed E-state index contributed by atoms with van der Waals surface area (Å²) in [7, 11) is 1.64. The zero-order valence-corrected chi connectivity index (χ0v) is 11.7. The van der Waals surface area contributed by atoms with Crippen LogP contribution in [0.15, 0.2) is 18.2 Å². The predicted molar refractivity (Wildman–Crippen MR) is 74.6 cm³/mol. The Morgan fingerprint density at radius 2 is 2.33 bits per heavy atom. The molecule has 2 atom stereocenters. The van der Waals surface area contributed by atoms with E-state index in [1.165, 1.54) is 0 Å². The summed E-state index contributed by atoms with van der Waals surface area (Å²) in [5.74, 6) is 3.73. The molecule has 0 saturated carbocycles. The van der Waals surface area contributed by atoms with Gasteiger partial charge in [0.2, 0.25) is 0 Å². The van der Waals surface area contributed by atoms with E-state index < -0.39 is 6.10 Å². The van der Waals surface area contributed by atoms with Gasteiger partial charge in [-0.1, -0.05) is 6.92 Å². The molecule has 1 aliphatic heterocycles. The van der Waals surface area contributed by atoms with Gasteiger partial charge in [0.15, 0.2) is 0 Å². The van der Waals surface area contributed by atoms with E-state index >= 15 is 0 Å². The van der Waals surface area contributed by atoms with Gasteiger partial charge in [0.25, 0.3) is 0 Å². The minimum atomic E-state index is -0.420. The fourth-order valence-corrected chi connectivity index (χ4v) is 2.88. The minimum absolute atomic E-state index is 0.110. The highest BCUT2D eigenvalue weighted by molar-refractivity contribution is 7.99. The highest BCUT2D eigenvalue weighted by atomic mass is 32.2. The van der Waals surface area contributed by atoms with Crippen LogP contribution in [0.2, 0.25) is 0 Å². The largest absolute Gasteiger partial charge is 0.497 e. The molecule has 3 nitrogen and oxygen atoms in total. The minimum Gasteiger partial charge on any atom is -0.497 e. The SMILES string of the molecule is CCSCCC1C[C@@H](O)c2ccc(OC)cc2O1. The second-order valence-electron chi connectivity index (χ2n) is 4.38. The van der Waals surface area contributed by atoms with Crippen molar-refractivity contribution in [2.75, 3.05) is 18.6 Å². The molecule has 0 bridgehead atoms. The van der Waals surface area contributed by atoms with Crippen LogP contribution in [0.4, 0.5) is 0 Å². The highest BCUT2D eigenvalue weighted by Crippen LogP contribution is 2.38. The Hall–Kier alpha value is -0.870. The monoisotopic (exact) mass is 268 g/mol. The summed E-state index contributed by atoms with van der Waals surface area (Å²) >= 11 is 1.91. The molecule has 1 unspecified atom stereocenters. The van der Waals surface area contributed by atoms with Crippen LogP contribution in [-0.2, 0) is 0 Å². The molecule has 1 aromatic rings. The summed E-state index contributed by atoms with van der Waals surface area (Å²) in [6.07, 6.45) is 1.35. The predicted octanol–water partition coefficient (Wildman–Crippen LogP) is 3.02. The Morgan fingerprint density at radius 1 is 1.50 bits per heavy atom. The van der Waals surface area contributed by atoms with Crippen molar-refractivity contribution >= 4 is 11.8 Å². The number of aliphatic hydroxyl groups is 1. The maximum absolute atomic E-state index is 10.1. The number of fused-ring (bicyclic) bond motifs is 1. The molecule has 0 amide bonds. The molecule has 0 spiro atoms. The van der Waals surface area contributed by atoms with E-state index in [1.54, 1.807) is 7.11 Å². The van der Waals surface area contributed by atoms with Crippen LogP contribution in [0, 0.1) is 0 Å². The Balaban J connectivity index is 2.06. The van der Waals surface area contributed by atoms with E-state index in [4.69, 9.17) is 9.47 Å². The maximum Gasteiger partial charge on any atom is 0.129 e. The highest BCUT2D eigenvalue weighted by Gasteiger charge is 2.26. The van der Waals surface area contributed by atoms with Crippen molar-refractivity contribution in [1.82, 2.24) is 0 Å². The lowest BCUT2D eigenvalue weighted by Crippen LogP contribution is -2.26. The van der Waals surface area contributed by atoms with Crippen LogP contribution in [0.25, 0.3) is 0 Å². The van der Waals surface area contributed by atoms with Crippen LogP contribution in [0.1, 0.15) is 31.4 Å². The van der Waals surface area contributed by atoms with Gasteiger partial charge in [-0.15, -0.1) is 0 Å². The van der Waals surface area contributed by atoms with Gasteiger partial charge in [-0.3, -0.25) is 0 Å². The molecule has 4 heteroatoms. The van der Waals surface area contributed by atoms with Crippen molar-refractivity contribution in [2.24, 2.45) is 0 Å². The van der Waals surface area contributed by atoms with Gasteiger partial charge in [-0.2, -0.15) is 11.8 Å². The first-order valence-electron chi connectivity index (χ1n) is 6.35. The molecule has 0 aliphatic carbocycles. The zero-order valence-electron chi connectivity index (χ0n) is 10.9. The lowest BCUT2D eigenvalue weighted by Gasteiger charge is -2.29. The first kappa shape index (κ1) is 13.6. The van der Waals surface area contributed by atoms with Crippen molar-refractivity contribution in [3.8, 4) is 11.5 Å². The third-order valence-corrected chi connectivity index (χ3v) is 4.08. The average Bonchev–Trinajstić information content (AvgIpc) is 2.38. The molecule has 2 rings (SSSR count). The zero-order chi connectivity index (χ0) is 13.0. The molecule has 1 heterocycles. The van der Waals surface area contributed by atoms with Crippen molar-refractivity contribution in [2.45, 2.75) is 32.0 Å². The second-order valence-corrected chi connectivity index (χ2v) is 5.77. The van der Waals surface area contributed by atoms with Crippen LogP contribution < -0.4 is 9.47 Å². The van der Waals surface area contributed by atoms with E-state index in [2.05, 4.69) is 6.92 Å². The average molecular weight is 268 g/mol. The molecule has 100 valence electrons. The van der Waals surface area contributed by atoms with Crippen LogP contribution in [0.5, 0.6) is 11.5 Å². The summed E-state index contributed by atoms with van der Waals surface area (Å²) in [5.41, 5.74) is 0.871. The van der Waals surface area contributed by atoms with E-state index in [-0.39, 0.29) is 6.10 Å². The van der Waals surface area contributed by atoms with Gasteiger partial charge < -0.3 is 14.6 Å². The molecule has 1 aliphatic rings. The Kier molecular flexibility index (Phi) is 4.78. The summed E-state index contributed by atoms with van der Waals surface area (Å²) in [6, 6.07) is 5.60. The number of methoxy groups -OCH3 is 1. The number of hydrogen-bond acceptors (Lipinski definition) is 4. The van der Waals surface area contributed by atoms with Gasteiger partial charge in [-0.25, -0.2) is 0 Å². The standard InChI is InChI=1S/C14H20O3S/c1-3-18-7-6-11-8-13(15)12-5-4-10(16-2)9-14(12)17-11/h4-5,9,11,13,15H,3,6-8H2,1-2H3/t11?,13-/m1/s1. The molecule has 0 fully saturated rings. The van der Waals surface area contributed by atoms with Gasteiger partial charge in [0.1, 0.15) is 17.6 Å². The fraction of sp³-hybridized carbons (Fsp3) is 0.571. The molecular weight excluding hydrogens is 248 g/mol. The van der Waals surface area contributed by atoms with E-state index in [1.807, 2.05) is 30.0 Å². The molecular formula is C14H20O3S. The Bertz CT molecular complexity index is 395. The van der Waals surface area contributed by atoms with E-state index in [0.29, 0.717) is 6.42 Å². The van der Waals surface area contributed by atoms with Gasteiger partial charge in [0.05, 0.1) is 13.2 Å². The van der Waals surface area contributed by atoms with Gasteiger partial charge >= 0.3 is 0 Å². The van der Waals surface area contributed by atoms with Gasteiger partial charge in [-0.05, 0) is 30.1 Å². The molecule has 18 heavy (non-hydrogen) atoms. The van der Waals surface area contributed by atoms with Crippen LogP contribution in [0.3, 0.4) is 0 Å². The molecule has 0 aromatic heterocycles. The maximum atomic E-state index is 10.1. The fourth-order valence-electron chi connectivity index (χ4n) is 2.16.